The Labute approximate surface area is 86.9 Å². The molecule has 0 N–H and O–H groups in total. The van der Waals surface area contributed by atoms with E-state index in [2.05, 4.69) is 0 Å². The molecule has 0 radical (unpaired) electrons. The zero-order chi connectivity index (χ0) is 4.50. The van der Waals surface area contributed by atoms with Crippen molar-refractivity contribution in [3.63, 3.8) is 0 Å². The van der Waals surface area contributed by atoms with Crippen molar-refractivity contribution in [1.82, 2.24) is 0 Å². The van der Waals surface area contributed by atoms with Crippen molar-refractivity contribution in [1.29, 1.82) is 0 Å². The van der Waals surface area contributed by atoms with Crippen molar-refractivity contribution < 1.29 is 38.0 Å². The largest absolute Gasteiger partial charge is 3.00 e. The Morgan fingerprint density at radius 1 is 0.875 bits per heavy atom. The third kappa shape index (κ3) is 101. The Kier molecular flexibility index (Phi) is 25.2. The average Bonchev–Trinajstić information content (AvgIpc) is 0.722. The van der Waals surface area contributed by atoms with Crippen molar-refractivity contribution in [2.75, 3.05) is 0 Å². The summed E-state index contributed by atoms with van der Waals surface area (Å²) in [6.45, 7) is 0. The van der Waals surface area contributed by atoms with Crippen LogP contribution in [0.15, 0.2) is 0 Å². The quantitative estimate of drug-likeness (QED) is 0.321. The number of hydrogen-bond donors (Lipinski definition) is 0. The van der Waals surface area contributed by atoms with Gasteiger partial charge in [-0.1, -0.05) is 0 Å². The Bertz CT molecular complexity index is 31.5. The number of rotatable bonds is 0. The molecule has 8 heavy (non-hydrogen) atoms. The van der Waals surface area contributed by atoms with Gasteiger partial charge in [0.15, 0.2) is 0 Å². The molecule has 0 aliphatic carbocycles. The molecule has 0 saturated heterocycles. The fourth-order valence-corrected chi connectivity index (χ4v) is 0. The zero-order valence-electron chi connectivity index (χ0n) is 4.42. The van der Waals surface area contributed by atoms with Gasteiger partial charge in [0.25, 0.3) is 0 Å². The van der Waals surface area contributed by atoms with Gasteiger partial charge < -0.3 is 28.2 Å². The van der Waals surface area contributed by atoms with Gasteiger partial charge in [-0.25, -0.2) is 0 Å². The first-order chi connectivity index (χ1) is 2.00. The Morgan fingerprint density at radius 3 is 0.875 bits per heavy atom. The maximum absolute atomic E-state index is 8.58. The summed E-state index contributed by atoms with van der Waals surface area (Å²) in [7, 11) is -5.61. The van der Waals surface area contributed by atoms with Crippen LogP contribution >= 0.6 is 0 Å². The maximum atomic E-state index is 8.58. The van der Waals surface area contributed by atoms with Crippen LogP contribution in [0.1, 0.15) is 0 Å². The van der Waals surface area contributed by atoms with Crippen LogP contribution < -0.4 is 38.0 Å². The molecular weight excluding hydrogens is 150 g/mol. The molecule has 0 heterocycles. The minimum Gasteiger partial charge on any atom is -0.894 e. The van der Waals surface area contributed by atoms with Crippen molar-refractivity contribution in [3.8, 4) is 0 Å². The third-order valence-electron chi connectivity index (χ3n) is 0. The predicted molar refractivity (Wildman–Crippen MR) is 17.3 cm³/mol. The minimum atomic E-state index is -5.61. The summed E-state index contributed by atoms with van der Waals surface area (Å²) >= 11 is 0. The molecule has 0 rings (SSSR count). The summed E-state index contributed by atoms with van der Waals surface area (Å²) in [5, 5.41) is 0. The molecule has 0 fully saturated rings. The second-order valence-corrected chi connectivity index (χ2v) is 1.50. The topological polar surface area (TPSA) is 92.2 Å². The van der Waals surface area contributed by atoms with Crippen LogP contribution in [0.25, 0.3) is 0 Å². The van der Waals surface area contributed by atoms with E-state index in [0.29, 0.717) is 0 Å². The summed E-state index contributed by atoms with van der Waals surface area (Å²) < 4.78 is 0. The molecule has 0 aliphatic heterocycles. The van der Waals surface area contributed by atoms with E-state index in [9.17, 15) is 0 Å². The van der Waals surface area contributed by atoms with E-state index in [-0.39, 0.29) is 59.3 Å². The van der Waals surface area contributed by atoms with Gasteiger partial charge in [0.05, 0.1) is 0 Å². The second-order valence-electron chi connectivity index (χ2n) is 0.500. The van der Waals surface area contributed by atoms with Gasteiger partial charge in [0.2, 0.25) is 0 Å². The molecule has 32 valence electrons. The molecule has 0 aromatic carbocycles. The smallest absolute Gasteiger partial charge is 0.894 e. The Balaban J connectivity index is -0.0000000267. The van der Waals surface area contributed by atoms with E-state index in [4.69, 9.17) is 19.2 Å². The van der Waals surface area contributed by atoms with Gasteiger partial charge in [-0.15, -0.1) is 0 Å². The normalized spacial score (nSPS) is 7.50. The van der Waals surface area contributed by atoms with Crippen LogP contribution in [-0.2, 0) is 0 Å². The van der Waals surface area contributed by atoms with E-state index in [1.165, 1.54) is 0 Å². The molecule has 8 heteroatoms. The molecule has 0 atom stereocenters. The zero-order valence-corrected chi connectivity index (χ0v) is 7.99. The Morgan fingerprint density at radius 2 is 0.875 bits per heavy atom. The maximum Gasteiger partial charge on any atom is 3.00 e. The summed E-state index contributed by atoms with van der Waals surface area (Å²) in [6, 6.07) is 0. The van der Waals surface area contributed by atoms with Crippen LogP contribution in [0.4, 0.5) is 0 Å². The van der Waals surface area contributed by atoms with Gasteiger partial charge in [-0.05, 0) is 0 Å². The van der Waals surface area contributed by atoms with Crippen LogP contribution in [-0.4, -0.2) is 49.5 Å². The molecule has 0 bridgehead atoms. The minimum absolute atomic E-state index is 0. The standard InChI is InChI=1S/Al.Li.Mg.O4Si/c;;;1-5(2,3)4/q+3;+1;+2;-4. The SMILES string of the molecule is [Al+3].[Li+].[Mg+2].[O-][Si]([O-])([O-])[O-]. The van der Waals surface area contributed by atoms with Crippen LogP contribution in [0.3, 0.4) is 0 Å². The summed E-state index contributed by atoms with van der Waals surface area (Å²) in [4.78, 5) is 34.3. The fraction of sp³-hybridized carbons (Fsp3) is 0. The third-order valence-corrected chi connectivity index (χ3v) is 0. The molecule has 0 unspecified atom stereocenters. The van der Waals surface area contributed by atoms with E-state index < -0.39 is 9.05 Å². The van der Waals surface area contributed by atoms with Crippen molar-refractivity contribution in [2.45, 2.75) is 0 Å². The molecule has 0 aromatic rings. The van der Waals surface area contributed by atoms with Crippen molar-refractivity contribution >= 4 is 49.5 Å². The average molecular weight is 150 g/mol. The van der Waals surface area contributed by atoms with E-state index >= 15 is 0 Å². The van der Waals surface area contributed by atoms with Crippen molar-refractivity contribution in [3.05, 3.63) is 0 Å². The van der Waals surface area contributed by atoms with Gasteiger partial charge in [-0.2, -0.15) is 0 Å². The molecular formula is AlLiMgO4Si+2. The Hall–Kier alpha value is 1.95. The fourth-order valence-electron chi connectivity index (χ4n) is 0. The first-order valence-corrected chi connectivity index (χ1v) is 2.45. The summed E-state index contributed by atoms with van der Waals surface area (Å²) in [6.07, 6.45) is 0. The van der Waals surface area contributed by atoms with Gasteiger partial charge in [0.1, 0.15) is 0 Å². The first kappa shape index (κ1) is 22.5. The van der Waals surface area contributed by atoms with E-state index in [1.54, 1.807) is 0 Å². The van der Waals surface area contributed by atoms with Crippen LogP contribution in [0.5, 0.6) is 0 Å². The van der Waals surface area contributed by atoms with E-state index in [0.717, 1.165) is 0 Å². The molecule has 0 aliphatic rings. The molecule has 0 amide bonds. The van der Waals surface area contributed by atoms with E-state index in [1.807, 2.05) is 0 Å². The van der Waals surface area contributed by atoms with Gasteiger partial charge in [0, 0.05) is 0 Å². The second kappa shape index (κ2) is 8.95. The monoisotopic (exact) mass is 150 g/mol. The number of hydrogen-bond acceptors (Lipinski definition) is 4. The first-order valence-electron chi connectivity index (χ1n) is 0.816. The summed E-state index contributed by atoms with van der Waals surface area (Å²) in [5.41, 5.74) is 0. The molecule has 0 saturated carbocycles. The summed E-state index contributed by atoms with van der Waals surface area (Å²) in [5.74, 6) is 0. The molecule has 0 aromatic heterocycles. The molecule has 0 spiro atoms. The van der Waals surface area contributed by atoms with Crippen LogP contribution in [0, 0.1) is 0 Å². The van der Waals surface area contributed by atoms with Gasteiger partial charge >= 0.3 is 59.3 Å². The van der Waals surface area contributed by atoms with Crippen molar-refractivity contribution in [2.24, 2.45) is 0 Å². The van der Waals surface area contributed by atoms with Gasteiger partial charge in [-0.3, -0.25) is 0 Å². The molecule has 4 nitrogen and oxygen atoms in total. The predicted octanol–water partition coefficient (Wildman–Crippen LogP) is -8.89. The van der Waals surface area contributed by atoms with Crippen LogP contribution in [0.2, 0.25) is 0 Å².